The van der Waals surface area contributed by atoms with Gasteiger partial charge in [0.15, 0.2) is 0 Å². The highest BCUT2D eigenvalue weighted by Crippen LogP contribution is 2.32. The maximum Gasteiger partial charge on any atom is 0.227 e. The molecule has 8 heteroatoms. The maximum atomic E-state index is 13.2. The number of benzene rings is 1. The molecule has 1 aromatic heterocycles. The summed E-state index contributed by atoms with van der Waals surface area (Å²) < 4.78 is 13.2. The Morgan fingerprint density at radius 2 is 1.87 bits per heavy atom. The van der Waals surface area contributed by atoms with Crippen LogP contribution in [0, 0.1) is 11.7 Å². The Kier molecular flexibility index (Phi) is 6.34. The highest BCUT2D eigenvalue weighted by molar-refractivity contribution is 5.96. The van der Waals surface area contributed by atoms with Crippen molar-refractivity contribution in [2.45, 2.75) is 32.7 Å². The summed E-state index contributed by atoms with van der Waals surface area (Å²) in [7, 11) is 5.52. The molecule has 1 aliphatic rings. The quantitative estimate of drug-likeness (QED) is 0.728. The van der Waals surface area contributed by atoms with E-state index in [2.05, 4.69) is 9.97 Å². The largest absolute Gasteiger partial charge is 0.363 e. The van der Waals surface area contributed by atoms with Gasteiger partial charge in [0, 0.05) is 57.7 Å². The molecule has 1 aliphatic heterocycles. The van der Waals surface area contributed by atoms with Crippen molar-refractivity contribution in [1.29, 1.82) is 0 Å². The molecule has 30 heavy (non-hydrogen) atoms. The molecule has 0 bridgehead atoms. The molecular weight excluding hydrogens is 385 g/mol. The molecule has 2 amide bonds. The second-order valence-corrected chi connectivity index (χ2v) is 8.19. The van der Waals surface area contributed by atoms with Gasteiger partial charge >= 0.3 is 0 Å². The molecule has 160 valence electrons. The van der Waals surface area contributed by atoms with Crippen molar-refractivity contribution in [1.82, 2.24) is 14.9 Å². The van der Waals surface area contributed by atoms with Crippen molar-refractivity contribution < 1.29 is 14.0 Å². The Morgan fingerprint density at radius 1 is 1.20 bits per heavy atom. The van der Waals surface area contributed by atoms with Gasteiger partial charge in [-0.1, -0.05) is 13.8 Å². The molecule has 1 saturated heterocycles. The lowest BCUT2D eigenvalue weighted by Crippen LogP contribution is -2.31. The van der Waals surface area contributed by atoms with Crippen LogP contribution in [0.15, 0.2) is 30.3 Å². The molecule has 2 aromatic rings. The Bertz CT molecular complexity index is 930. The zero-order valence-corrected chi connectivity index (χ0v) is 18.1. The van der Waals surface area contributed by atoms with Gasteiger partial charge in [-0.05, 0) is 24.3 Å². The van der Waals surface area contributed by atoms with E-state index in [0.717, 1.165) is 11.5 Å². The average molecular weight is 413 g/mol. The SMILES string of the molecule is CC(C)C(=O)N(C)Cc1nc(C2CC(=O)N(c3ccc(F)cc3)C2)cc(N(C)C)n1. The molecule has 1 fully saturated rings. The lowest BCUT2D eigenvalue weighted by Gasteiger charge is -2.21. The van der Waals surface area contributed by atoms with E-state index >= 15 is 0 Å². The minimum Gasteiger partial charge on any atom is -0.363 e. The number of hydrogen-bond donors (Lipinski definition) is 0. The molecule has 0 N–H and O–H groups in total. The summed E-state index contributed by atoms with van der Waals surface area (Å²) in [5.41, 5.74) is 1.44. The number of carbonyl (C=O) groups is 2. The second kappa shape index (κ2) is 8.77. The first-order valence-electron chi connectivity index (χ1n) is 10.0. The van der Waals surface area contributed by atoms with Crippen molar-refractivity contribution in [3.8, 4) is 0 Å². The zero-order chi connectivity index (χ0) is 22.0. The summed E-state index contributed by atoms with van der Waals surface area (Å²) in [5, 5.41) is 0. The van der Waals surface area contributed by atoms with Gasteiger partial charge in [-0.25, -0.2) is 14.4 Å². The monoisotopic (exact) mass is 413 g/mol. The molecule has 1 unspecified atom stereocenters. The number of rotatable bonds is 6. The van der Waals surface area contributed by atoms with Crippen LogP contribution in [0.5, 0.6) is 0 Å². The summed E-state index contributed by atoms with van der Waals surface area (Å²) in [4.78, 5) is 39.3. The van der Waals surface area contributed by atoms with Crippen molar-refractivity contribution in [2.75, 3.05) is 37.5 Å². The molecule has 1 atom stereocenters. The van der Waals surface area contributed by atoms with Gasteiger partial charge in [0.05, 0.1) is 12.2 Å². The van der Waals surface area contributed by atoms with E-state index in [1.165, 1.54) is 12.1 Å². The van der Waals surface area contributed by atoms with Gasteiger partial charge in [-0.15, -0.1) is 0 Å². The summed E-state index contributed by atoms with van der Waals surface area (Å²) >= 11 is 0. The first-order valence-corrected chi connectivity index (χ1v) is 10.0. The topological polar surface area (TPSA) is 69.6 Å². The lowest BCUT2D eigenvalue weighted by atomic mass is 10.0. The fraction of sp³-hybridized carbons (Fsp3) is 0.455. The number of hydrogen-bond acceptors (Lipinski definition) is 5. The minimum atomic E-state index is -0.335. The fourth-order valence-corrected chi connectivity index (χ4v) is 3.52. The number of aromatic nitrogens is 2. The van der Waals surface area contributed by atoms with Crippen molar-refractivity contribution in [3.63, 3.8) is 0 Å². The highest BCUT2D eigenvalue weighted by atomic mass is 19.1. The molecule has 3 rings (SSSR count). The van der Waals surface area contributed by atoms with Crippen LogP contribution in [-0.2, 0) is 16.1 Å². The molecule has 0 aliphatic carbocycles. The Morgan fingerprint density at radius 3 is 2.47 bits per heavy atom. The molecule has 0 spiro atoms. The Hall–Kier alpha value is -3.03. The van der Waals surface area contributed by atoms with Gasteiger partial charge in [-0.2, -0.15) is 0 Å². The number of nitrogens with zero attached hydrogens (tertiary/aromatic N) is 5. The summed E-state index contributed by atoms with van der Waals surface area (Å²) in [6, 6.07) is 7.81. The smallest absolute Gasteiger partial charge is 0.227 e. The van der Waals surface area contributed by atoms with Gasteiger partial charge in [0.25, 0.3) is 0 Å². The molecule has 7 nitrogen and oxygen atoms in total. The van der Waals surface area contributed by atoms with Crippen molar-refractivity contribution in [3.05, 3.63) is 47.7 Å². The van der Waals surface area contributed by atoms with E-state index in [0.29, 0.717) is 31.0 Å². The first-order chi connectivity index (χ1) is 14.2. The Balaban J connectivity index is 1.86. The average Bonchev–Trinajstić information content (AvgIpc) is 3.09. The molecule has 2 heterocycles. The van der Waals surface area contributed by atoms with Gasteiger partial charge in [0.2, 0.25) is 11.8 Å². The second-order valence-electron chi connectivity index (χ2n) is 8.19. The molecule has 0 saturated carbocycles. The van der Waals surface area contributed by atoms with Crippen molar-refractivity contribution >= 4 is 23.3 Å². The molecule has 0 radical (unpaired) electrons. The van der Waals surface area contributed by atoms with Crippen LogP contribution in [-0.4, -0.2) is 54.4 Å². The standard InChI is InChI=1S/C22H28FN5O2/c1-14(2)22(30)27(5)13-19-24-18(11-20(25-19)26(3)4)15-10-21(29)28(12-15)17-8-6-16(23)7-9-17/h6-9,11,14-15H,10,12-13H2,1-5H3. The minimum absolute atomic E-state index is 0.0222. The Labute approximate surface area is 176 Å². The molecule has 1 aromatic carbocycles. The third kappa shape index (κ3) is 4.75. The van der Waals surface area contributed by atoms with Gasteiger partial charge in [0.1, 0.15) is 17.5 Å². The van der Waals surface area contributed by atoms with Crippen molar-refractivity contribution in [2.24, 2.45) is 5.92 Å². The number of carbonyl (C=O) groups excluding carboxylic acids is 2. The van der Waals surface area contributed by atoms with E-state index < -0.39 is 0 Å². The third-order valence-electron chi connectivity index (χ3n) is 5.17. The van der Waals surface area contributed by atoms with Gasteiger partial charge in [-0.3, -0.25) is 9.59 Å². The van der Waals surface area contributed by atoms with E-state index in [9.17, 15) is 14.0 Å². The summed E-state index contributed by atoms with van der Waals surface area (Å²) in [5.74, 6) is 0.725. The third-order valence-corrected chi connectivity index (χ3v) is 5.17. The van der Waals surface area contributed by atoms with Crippen LogP contribution in [0.25, 0.3) is 0 Å². The van der Waals surface area contributed by atoms with Crippen LogP contribution in [0.4, 0.5) is 15.9 Å². The number of amides is 2. The van der Waals surface area contributed by atoms with Crippen LogP contribution in [0.1, 0.15) is 37.7 Å². The highest BCUT2D eigenvalue weighted by Gasteiger charge is 2.33. The zero-order valence-electron chi connectivity index (χ0n) is 18.1. The van der Waals surface area contributed by atoms with Crippen LogP contribution in [0.2, 0.25) is 0 Å². The van der Waals surface area contributed by atoms with Gasteiger partial charge < -0.3 is 14.7 Å². The predicted octanol–water partition coefficient (Wildman–Crippen LogP) is 2.82. The number of halogens is 1. The summed E-state index contributed by atoms with van der Waals surface area (Å²) in [6.07, 6.45) is 0.321. The van der Waals surface area contributed by atoms with E-state index in [1.54, 1.807) is 29.0 Å². The normalized spacial score (nSPS) is 16.3. The van der Waals surface area contributed by atoms with E-state index in [1.807, 2.05) is 38.9 Å². The first kappa shape index (κ1) is 21.7. The van der Waals surface area contributed by atoms with Crippen LogP contribution >= 0.6 is 0 Å². The molecular formula is C22H28FN5O2. The summed E-state index contributed by atoms with van der Waals surface area (Å²) in [6.45, 7) is 4.48. The maximum absolute atomic E-state index is 13.2. The van der Waals surface area contributed by atoms with E-state index in [-0.39, 0.29) is 29.5 Å². The number of anilines is 2. The lowest BCUT2D eigenvalue weighted by molar-refractivity contribution is -0.133. The fourth-order valence-electron chi connectivity index (χ4n) is 3.52. The van der Waals surface area contributed by atoms with E-state index in [4.69, 9.17) is 0 Å². The van der Waals surface area contributed by atoms with Crippen LogP contribution < -0.4 is 9.80 Å². The predicted molar refractivity (Wildman–Crippen MR) is 114 cm³/mol. The van der Waals surface area contributed by atoms with Crippen LogP contribution in [0.3, 0.4) is 0 Å².